The van der Waals surface area contributed by atoms with Gasteiger partial charge in [0.2, 0.25) is 5.89 Å². The molecule has 0 aliphatic carbocycles. The molecule has 16 heavy (non-hydrogen) atoms. The summed E-state index contributed by atoms with van der Waals surface area (Å²) in [5.41, 5.74) is 6.05. The molecule has 1 aliphatic rings. The second-order valence-corrected chi connectivity index (χ2v) is 4.67. The molecule has 90 valence electrons. The smallest absolute Gasteiger partial charge is 0.227 e. The number of likely N-dealkylation sites (tertiary alicyclic amines) is 1. The first-order valence-corrected chi connectivity index (χ1v) is 5.93. The van der Waals surface area contributed by atoms with Gasteiger partial charge in [0, 0.05) is 25.0 Å². The van der Waals surface area contributed by atoms with Crippen LogP contribution in [0.4, 0.5) is 0 Å². The third-order valence-corrected chi connectivity index (χ3v) is 3.78. The van der Waals surface area contributed by atoms with Crippen LogP contribution in [0.25, 0.3) is 0 Å². The van der Waals surface area contributed by atoms with E-state index in [0.717, 1.165) is 31.8 Å². The molecule has 0 aromatic carbocycles. The monoisotopic (exact) mass is 224 g/mol. The van der Waals surface area contributed by atoms with Crippen LogP contribution in [0.3, 0.4) is 0 Å². The highest BCUT2D eigenvalue weighted by molar-refractivity contribution is 4.88. The number of piperidine rings is 1. The molecule has 1 fully saturated rings. The third-order valence-electron chi connectivity index (χ3n) is 3.78. The minimum Gasteiger partial charge on any atom is -0.340 e. The number of aromatic nitrogens is 2. The maximum Gasteiger partial charge on any atom is 0.227 e. The highest BCUT2D eigenvalue weighted by Crippen LogP contribution is 2.22. The van der Waals surface area contributed by atoms with Crippen molar-refractivity contribution in [3.8, 4) is 0 Å². The Kier molecular flexibility index (Phi) is 3.56. The van der Waals surface area contributed by atoms with Gasteiger partial charge in [0.1, 0.15) is 0 Å². The van der Waals surface area contributed by atoms with E-state index in [9.17, 15) is 0 Å². The van der Waals surface area contributed by atoms with Crippen molar-refractivity contribution in [3.05, 3.63) is 12.2 Å². The van der Waals surface area contributed by atoms with Gasteiger partial charge in [-0.3, -0.25) is 4.90 Å². The molecule has 2 N–H and O–H groups in total. The first-order valence-electron chi connectivity index (χ1n) is 5.93. The molecule has 5 nitrogen and oxygen atoms in total. The Morgan fingerprint density at radius 3 is 3.06 bits per heavy atom. The van der Waals surface area contributed by atoms with Crippen LogP contribution >= 0.6 is 0 Å². The lowest BCUT2D eigenvalue weighted by atomic mass is 9.87. The van der Waals surface area contributed by atoms with Crippen LogP contribution < -0.4 is 5.73 Å². The lowest BCUT2D eigenvalue weighted by Gasteiger charge is -2.41. The summed E-state index contributed by atoms with van der Waals surface area (Å²) < 4.78 is 5.00. The lowest BCUT2D eigenvalue weighted by Crippen LogP contribution is -2.52. The molecule has 0 bridgehead atoms. The van der Waals surface area contributed by atoms with Crippen LogP contribution in [0.15, 0.2) is 10.9 Å². The first kappa shape index (κ1) is 11.5. The van der Waals surface area contributed by atoms with Crippen molar-refractivity contribution in [1.82, 2.24) is 15.0 Å². The Hall–Kier alpha value is -0.940. The Morgan fingerprint density at radius 2 is 2.38 bits per heavy atom. The fraction of sp³-hybridized carbons (Fsp3) is 0.818. The molecule has 1 aromatic heterocycles. The maximum atomic E-state index is 6.05. The SMILES string of the molecule is CC1C(N)CCN(CCc2ncno2)C1C. The quantitative estimate of drug-likeness (QED) is 0.817. The summed E-state index contributed by atoms with van der Waals surface area (Å²) in [5.74, 6) is 1.27. The number of hydrogen-bond donors (Lipinski definition) is 1. The molecule has 3 atom stereocenters. The van der Waals surface area contributed by atoms with E-state index in [-0.39, 0.29) is 0 Å². The van der Waals surface area contributed by atoms with Crippen molar-refractivity contribution in [1.29, 1.82) is 0 Å². The maximum absolute atomic E-state index is 6.05. The molecule has 5 heteroatoms. The summed E-state index contributed by atoms with van der Waals surface area (Å²) in [7, 11) is 0. The molecule has 3 unspecified atom stereocenters. The number of nitrogens with two attached hydrogens (primary N) is 1. The van der Waals surface area contributed by atoms with Crippen molar-refractivity contribution >= 4 is 0 Å². The first-order chi connectivity index (χ1) is 7.68. The second kappa shape index (κ2) is 4.93. The summed E-state index contributed by atoms with van der Waals surface area (Å²) in [6.07, 6.45) is 3.36. The van der Waals surface area contributed by atoms with Crippen molar-refractivity contribution in [2.45, 2.75) is 38.8 Å². The van der Waals surface area contributed by atoms with Gasteiger partial charge in [-0.05, 0) is 25.8 Å². The number of hydrogen-bond acceptors (Lipinski definition) is 5. The van der Waals surface area contributed by atoms with Gasteiger partial charge in [-0.1, -0.05) is 12.1 Å². The minimum absolute atomic E-state index is 0.342. The van der Waals surface area contributed by atoms with E-state index >= 15 is 0 Å². The zero-order chi connectivity index (χ0) is 11.5. The van der Waals surface area contributed by atoms with Crippen molar-refractivity contribution < 1.29 is 4.52 Å². The zero-order valence-electron chi connectivity index (χ0n) is 9.97. The Morgan fingerprint density at radius 1 is 1.56 bits per heavy atom. The molecule has 0 spiro atoms. The van der Waals surface area contributed by atoms with Crippen LogP contribution in [-0.4, -0.2) is 40.2 Å². The van der Waals surface area contributed by atoms with E-state index in [4.69, 9.17) is 10.3 Å². The molecule has 2 heterocycles. The molecule has 0 radical (unpaired) electrons. The Bertz CT molecular complexity index is 314. The molecule has 2 rings (SSSR count). The molecule has 1 saturated heterocycles. The van der Waals surface area contributed by atoms with Crippen LogP contribution in [0, 0.1) is 5.92 Å². The van der Waals surface area contributed by atoms with E-state index in [1.807, 2.05) is 0 Å². The summed E-state index contributed by atoms with van der Waals surface area (Å²) in [5, 5.41) is 3.61. The summed E-state index contributed by atoms with van der Waals surface area (Å²) in [6.45, 7) is 6.52. The standard InChI is InChI=1S/C11H20N4O/c1-8-9(2)15(5-3-10(8)12)6-4-11-13-7-14-16-11/h7-10H,3-6,12H2,1-2H3. The zero-order valence-corrected chi connectivity index (χ0v) is 9.97. The highest BCUT2D eigenvalue weighted by Gasteiger charge is 2.29. The fourth-order valence-electron chi connectivity index (χ4n) is 2.33. The van der Waals surface area contributed by atoms with Crippen molar-refractivity contribution in [3.63, 3.8) is 0 Å². The van der Waals surface area contributed by atoms with Gasteiger partial charge < -0.3 is 10.3 Å². The number of rotatable bonds is 3. The molecule has 0 amide bonds. The van der Waals surface area contributed by atoms with E-state index in [0.29, 0.717) is 18.0 Å². The van der Waals surface area contributed by atoms with E-state index in [1.54, 1.807) is 0 Å². The van der Waals surface area contributed by atoms with Gasteiger partial charge in [0.15, 0.2) is 6.33 Å². The molecular weight excluding hydrogens is 204 g/mol. The second-order valence-electron chi connectivity index (χ2n) is 4.67. The summed E-state index contributed by atoms with van der Waals surface area (Å²) in [4.78, 5) is 6.49. The molecule has 1 aliphatic heterocycles. The number of nitrogens with zero attached hydrogens (tertiary/aromatic N) is 3. The fourth-order valence-corrected chi connectivity index (χ4v) is 2.33. The van der Waals surface area contributed by atoms with E-state index in [1.165, 1.54) is 6.33 Å². The van der Waals surface area contributed by atoms with E-state index < -0.39 is 0 Å². The van der Waals surface area contributed by atoms with Crippen LogP contribution in [0.2, 0.25) is 0 Å². The van der Waals surface area contributed by atoms with Crippen LogP contribution in [0.1, 0.15) is 26.2 Å². The van der Waals surface area contributed by atoms with Gasteiger partial charge in [0.05, 0.1) is 0 Å². The Balaban J connectivity index is 1.86. The van der Waals surface area contributed by atoms with Gasteiger partial charge in [-0.25, -0.2) is 0 Å². The summed E-state index contributed by atoms with van der Waals surface area (Å²) >= 11 is 0. The minimum atomic E-state index is 0.342. The molecule has 0 saturated carbocycles. The third kappa shape index (κ3) is 2.41. The predicted molar refractivity (Wildman–Crippen MR) is 60.8 cm³/mol. The van der Waals surface area contributed by atoms with Gasteiger partial charge in [-0.15, -0.1) is 0 Å². The van der Waals surface area contributed by atoms with Crippen LogP contribution in [0.5, 0.6) is 0 Å². The highest BCUT2D eigenvalue weighted by atomic mass is 16.5. The lowest BCUT2D eigenvalue weighted by molar-refractivity contribution is 0.0968. The summed E-state index contributed by atoms with van der Waals surface area (Å²) in [6, 6.07) is 0.876. The van der Waals surface area contributed by atoms with Crippen LogP contribution in [-0.2, 0) is 6.42 Å². The van der Waals surface area contributed by atoms with Gasteiger partial charge >= 0.3 is 0 Å². The van der Waals surface area contributed by atoms with Crippen molar-refractivity contribution in [2.24, 2.45) is 11.7 Å². The molecular formula is C11H20N4O. The van der Waals surface area contributed by atoms with Gasteiger partial charge in [0.25, 0.3) is 0 Å². The van der Waals surface area contributed by atoms with Crippen molar-refractivity contribution in [2.75, 3.05) is 13.1 Å². The average molecular weight is 224 g/mol. The van der Waals surface area contributed by atoms with E-state index in [2.05, 4.69) is 28.9 Å². The van der Waals surface area contributed by atoms with Gasteiger partial charge in [-0.2, -0.15) is 4.98 Å². The average Bonchev–Trinajstić information content (AvgIpc) is 2.78. The predicted octanol–water partition coefficient (Wildman–Crippen LogP) is 0.670. The largest absolute Gasteiger partial charge is 0.340 e. The Labute approximate surface area is 96.0 Å². The normalized spacial score (nSPS) is 31.8. The topological polar surface area (TPSA) is 68.2 Å². The molecule has 1 aromatic rings.